The molecule has 1 fully saturated rings. The maximum Gasteiger partial charge on any atom is 0.408 e. The number of hydrogen-bond acceptors (Lipinski definition) is 3. The van der Waals surface area contributed by atoms with Gasteiger partial charge in [0.05, 0.1) is 0 Å². The third-order valence-corrected chi connectivity index (χ3v) is 4.88. The molecule has 1 atom stereocenters. The first-order valence-electron chi connectivity index (χ1n) is 9.31. The van der Waals surface area contributed by atoms with Gasteiger partial charge in [-0.1, -0.05) is 56.5 Å². The van der Waals surface area contributed by atoms with Crippen LogP contribution in [0.4, 0.5) is 4.79 Å². The molecule has 0 radical (unpaired) electrons. The van der Waals surface area contributed by atoms with Crippen LogP contribution >= 0.6 is 0 Å². The second kappa shape index (κ2) is 9.44. The molecule has 1 aliphatic carbocycles. The van der Waals surface area contributed by atoms with Crippen molar-refractivity contribution < 1.29 is 19.4 Å². The van der Waals surface area contributed by atoms with E-state index in [9.17, 15) is 14.7 Å². The molecule has 5 nitrogen and oxygen atoms in total. The van der Waals surface area contributed by atoms with E-state index in [1.165, 1.54) is 0 Å². The molecule has 2 N–H and O–H groups in total. The van der Waals surface area contributed by atoms with Gasteiger partial charge in [0, 0.05) is 6.42 Å². The van der Waals surface area contributed by atoms with Gasteiger partial charge in [-0.05, 0) is 37.7 Å². The van der Waals surface area contributed by atoms with Gasteiger partial charge >= 0.3 is 12.1 Å². The van der Waals surface area contributed by atoms with Crippen LogP contribution in [0.25, 0.3) is 0 Å². The molecule has 1 aromatic rings. The van der Waals surface area contributed by atoms with E-state index in [0.29, 0.717) is 12.8 Å². The maximum atomic E-state index is 12.4. The highest BCUT2D eigenvalue weighted by Gasteiger charge is 2.37. The molecule has 1 amide bonds. The van der Waals surface area contributed by atoms with Gasteiger partial charge in [-0.3, -0.25) is 0 Å². The second-order valence-corrected chi connectivity index (χ2v) is 6.97. The molecule has 1 saturated carbocycles. The minimum absolute atomic E-state index is 0.423. The standard InChI is InChI=1S/C20H29NO4/c1-2-3-12-17(18(22)23)21-19(24)25-20(13-8-5-9-14-20)15-16-10-6-4-7-11-16/h4,6-7,10-11,17H,2-3,5,8-9,12-15H2,1H3,(H,21,24)(H,22,23)/t17-/m0/s1. The van der Waals surface area contributed by atoms with Crippen LogP contribution in [0.1, 0.15) is 63.9 Å². The van der Waals surface area contributed by atoms with Crippen LogP contribution in [-0.4, -0.2) is 28.8 Å². The average Bonchev–Trinajstić information content (AvgIpc) is 2.59. The average molecular weight is 347 g/mol. The van der Waals surface area contributed by atoms with E-state index >= 15 is 0 Å². The fraction of sp³-hybridized carbons (Fsp3) is 0.600. The largest absolute Gasteiger partial charge is 0.480 e. The van der Waals surface area contributed by atoms with Crippen LogP contribution < -0.4 is 5.32 Å². The molecule has 0 aromatic heterocycles. The van der Waals surface area contributed by atoms with Gasteiger partial charge in [-0.2, -0.15) is 0 Å². The van der Waals surface area contributed by atoms with Crippen LogP contribution in [0.3, 0.4) is 0 Å². The summed E-state index contributed by atoms with van der Waals surface area (Å²) in [6, 6.07) is 9.13. The smallest absolute Gasteiger partial charge is 0.408 e. The Morgan fingerprint density at radius 1 is 1.20 bits per heavy atom. The molecule has 1 aliphatic rings. The van der Waals surface area contributed by atoms with Crippen LogP contribution in [0.5, 0.6) is 0 Å². The highest BCUT2D eigenvalue weighted by Crippen LogP contribution is 2.35. The summed E-state index contributed by atoms with van der Waals surface area (Å²) in [7, 11) is 0. The monoisotopic (exact) mass is 347 g/mol. The second-order valence-electron chi connectivity index (χ2n) is 6.97. The molecule has 0 bridgehead atoms. The highest BCUT2D eigenvalue weighted by atomic mass is 16.6. The zero-order chi connectivity index (χ0) is 18.1. The van der Waals surface area contributed by atoms with Gasteiger partial charge in [0.1, 0.15) is 11.6 Å². The minimum Gasteiger partial charge on any atom is -0.480 e. The number of alkyl carbamates (subject to hydrolysis) is 1. The number of carbonyl (C=O) groups is 2. The Morgan fingerprint density at radius 2 is 1.88 bits per heavy atom. The van der Waals surface area contributed by atoms with E-state index in [1.807, 2.05) is 37.3 Å². The molecule has 0 spiro atoms. The van der Waals surface area contributed by atoms with E-state index < -0.39 is 23.7 Å². The lowest BCUT2D eigenvalue weighted by Crippen LogP contribution is -2.47. The summed E-state index contributed by atoms with van der Waals surface area (Å²) in [6.45, 7) is 1.99. The molecule has 0 saturated heterocycles. The zero-order valence-electron chi connectivity index (χ0n) is 15.0. The minimum atomic E-state index is -1.01. The molecule has 138 valence electrons. The van der Waals surface area contributed by atoms with Gasteiger partial charge in [0.2, 0.25) is 0 Å². The first-order chi connectivity index (χ1) is 12.0. The number of amides is 1. The number of unbranched alkanes of at least 4 members (excludes halogenated alkanes) is 1. The molecule has 0 heterocycles. The first kappa shape index (κ1) is 19.3. The topological polar surface area (TPSA) is 75.6 Å². The number of carboxylic acid groups (broad SMARTS) is 1. The molecular formula is C20H29NO4. The normalized spacial score (nSPS) is 17.5. The van der Waals surface area contributed by atoms with Crippen molar-refractivity contribution in [2.75, 3.05) is 0 Å². The number of benzene rings is 1. The lowest BCUT2D eigenvalue weighted by molar-refractivity contribution is -0.139. The fourth-order valence-corrected chi connectivity index (χ4v) is 3.51. The molecule has 1 aromatic carbocycles. The first-order valence-corrected chi connectivity index (χ1v) is 9.31. The Labute approximate surface area is 149 Å². The summed E-state index contributed by atoms with van der Waals surface area (Å²) >= 11 is 0. The van der Waals surface area contributed by atoms with Crippen LogP contribution in [-0.2, 0) is 16.0 Å². The number of hydrogen-bond donors (Lipinski definition) is 2. The summed E-state index contributed by atoms with van der Waals surface area (Å²) in [6.07, 6.45) is 6.98. The number of nitrogens with one attached hydrogen (secondary N) is 1. The van der Waals surface area contributed by atoms with E-state index in [1.54, 1.807) is 0 Å². The zero-order valence-corrected chi connectivity index (χ0v) is 15.0. The lowest BCUT2D eigenvalue weighted by Gasteiger charge is -2.37. The van der Waals surface area contributed by atoms with Gasteiger partial charge in [0.15, 0.2) is 0 Å². The molecule has 25 heavy (non-hydrogen) atoms. The third-order valence-electron chi connectivity index (χ3n) is 4.88. The van der Waals surface area contributed by atoms with Gasteiger partial charge in [0.25, 0.3) is 0 Å². The predicted molar refractivity (Wildman–Crippen MR) is 96.5 cm³/mol. The van der Waals surface area contributed by atoms with Crippen molar-refractivity contribution in [3.63, 3.8) is 0 Å². The Morgan fingerprint density at radius 3 is 2.48 bits per heavy atom. The van der Waals surface area contributed by atoms with Gasteiger partial charge < -0.3 is 15.2 Å². The molecule has 2 rings (SSSR count). The summed E-state index contributed by atoms with van der Waals surface area (Å²) in [4.78, 5) is 23.7. The third kappa shape index (κ3) is 6.07. The highest BCUT2D eigenvalue weighted by molar-refractivity contribution is 5.80. The summed E-state index contributed by atoms with van der Waals surface area (Å²) in [5, 5.41) is 11.8. The number of ether oxygens (including phenoxy) is 1. The lowest BCUT2D eigenvalue weighted by atomic mass is 9.80. The van der Waals surface area contributed by atoms with E-state index in [-0.39, 0.29) is 0 Å². The Bertz CT molecular complexity index is 552. The SMILES string of the molecule is CCCC[C@H](NC(=O)OC1(Cc2ccccc2)CCCCC1)C(=O)O. The Balaban J connectivity index is 2.03. The maximum absolute atomic E-state index is 12.4. The van der Waals surface area contributed by atoms with Crippen molar-refractivity contribution in [2.45, 2.75) is 76.4 Å². The van der Waals surface area contributed by atoms with Crippen LogP contribution in [0.2, 0.25) is 0 Å². The number of aliphatic carboxylic acids is 1. The summed E-state index contributed by atoms with van der Waals surface area (Å²) in [5.74, 6) is -1.01. The van der Waals surface area contributed by atoms with Crippen LogP contribution in [0.15, 0.2) is 30.3 Å². The van der Waals surface area contributed by atoms with Crippen molar-refractivity contribution >= 4 is 12.1 Å². The number of rotatable bonds is 8. The van der Waals surface area contributed by atoms with Crippen molar-refractivity contribution in [1.29, 1.82) is 0 Å². The van der Waals surface area contributed by atoms with E-state index in [0.717, 1.165) is 50.5 Å². The number of carbonyl (C=O) groups excluding carboxylic acids is 1. The summed E-state index contributed by atoms with van der Waals surface area (Å²) in [5.41, 5.74) is 0.607. The molecule has 5 heteroatoms. The van der Waals surface area contributed by atoms with E-state index in [2.05, 4.69) is 5.32 Å². The van der Waals surface area contributed by atoms with Crippen molar-refractivity contribution in [3.05, 3.63) is 35.9 Å². The quantitative estimate of drug-likeness (QED) is 0.735. The van der Waals surface area contributed by atoms with Crippen LogP contribution in [0, 0.1) is 0 Å². The molecular weight excluding hydrogens is 318 g/mol. The van der Waals surface area contributed by atoms with Gasteiger partial charge in [-0.25, -0.2) is 9.59 Å². The van der Waals surface area contributed by atoms with Gasteiger partial charge in [-0.15, -0.1) is 0 Å². The Hall–Kier alpha value is -2.04. The van der Waals surface area contributed by atoms with Crippen molar-refractivity contribution in [3.8, 4) is 0 Å². The Kier molecular flexibility index (Phi) is 7.29. The van der Waals surface area contributed by atoms with Crippen molar-refractivity contribution in [1.82, 2.24) is 5.32 Å². The molecule has 0 aliphatic heterocycles. The predicted octanol–water partition coefficient (Wildman–Crippen LogP) is 4.30. The molecule has 0 unspecified atom stereocenters. The fourth-order valence-electron chi connectivity index (χ4n) is 3.51. The number of carboxylic acids is 1. The summed E-state index contributed by atoms with van der Waals surface area (Å²) < 4.78 is 5.83. The van der Waals surface area contributed by atoms with E-state index in [4.69, 9.17) is 4.74 Å². The van der Waals surface area contributed by atoms with Crippen molar-refractivity contribution in [2.24, 2.45) is 0 Å².